The van der Waals surface area contributed by atoms with E-state index in [1.54, 1.807) is 12.1 Å². The third-order valence-corrected chi connectivity index (χ3v) is 9.73. The second kappa shape index (κ2) is 13.5. The molecule has 0 amide bonds. The van der Waals surface area contributed by atoms with E-state index in [0.717, 1.165) is 63.7 Å². The Labute approximate surface area is 260 Å². The first-order valence-corrected chi connectivity index (χ1v) is 16.4. The van der Waals surface area contributed by atoms with Crippen molar-refractivity contribution >= 4 is 40.6 Å². The zero-order valence-electron chi connectivity index (χ0n) is 25.3. The van der Waals surface area contributed by atoms with Gasteiger partial charge in [0.1, 0.15) is 17.5 Å². The summed E-state index contributed by atoms with van der Waals surface area (Å²) >= 11 is 5.82. The van der Waals surface area contributed by atoms with Gasteiger partial charge in [-0.2, -0.15) is 9.97 Å². The fourth-order valence-electron chi connectivity index (χ4n) is 7.03. The summed E-state index contributed by atoms with van der Waals surface area (Å²) in [4.78, 5) is 17.1. The zero-order valence-corrected chi connectivity index (χ0v) is 26.1. The maximum atomic E-state index is 13.7. The van der Waals surface area contributed by atoms with Crippen LogP contribution in [0.1, 0.15) is 57.4 Å². The van der Waals surface area contributed by atoms with E-state index in [9.17, 15) is 4.39 Å². The van der Waals surface area contributed by atoms with Gasteiger partial charge < -0.3 is 25.3 Å². The van der Waals surface area contributed by atoms with Crippen LogP contribution in [0.25, 0.3) is 0 Å². The fraction of sp³-hybridized carbons (Fsp3) is 0.500. The van der Waals surface area contributed by atoms with Gasteiger partial charge in [0, 0.05) is 63.0 Å². The molecule has 2 N–H and O–H groups in total. The van der Waals surface area contributed by atoms with E-state index < -0.39 is 0 Å². The minimum absolute atomic E-state index is 0.0616. The number of hydrogen-bond acceptors (Lipinski definition) is 6. The number of nitrogens with zero attached hydrogens (tertiary/aromatic N) is 5. The fourth-order valence-corrected chi connectivity index (χ4v) is 7.19. The highest BCUT2D eigenvalue weighted by molar-refractivity contribution is 7.80. The molecule has 3 heterocycles. The van der Waals surface area contributed by atoms with Gasteiger partial charge in [-0.15, -0.1) is 0 Å². The van der Waals surface area contributed by atoms with E-state index in [1.807, 2.05) is 12.1 Å². The Morgan fingerprint density at radius 1 is 0.860 bits per heavy atom. The minimum atomic E-state index is -0.197. The number of anilines is 4. The second-order valence-electron chi connectivity index (χ2n) is 12.6. The van der Waals surface area contributed by atoms with E-state index >= 15 is 0 Å². The van der Waals surface area contributed by atoms with Crippen molar-refractivity contribution in [2.75, 3.05) is 65.8 Å². The first-order valence-electron chi connectivity index (χ1n) is 16.0. The molecule has 3 aromatic rings. The van der Waals surface area contributed by atoms with Crippen molar-refractivity contribution in [3.8, 4) is 0 Å². The number of piperidine rings is 1. The van der Waals surface area contributed by atoms with Gasteiger partial charge in [0.15, 0.2) is 5.11 Å². The van der Waals surface area contributed by atoms with Crippen LogP contribution in [-0.2, 0) is 5.41 Å². The van der Waals surface area contributed by atoms with Crippen LogP contribution in [0.4, 0.5) is 27.7 Å². The molecular formula is C34H44FN7S. The molecule has 0 radical (unpaired) electrons. The lowest BCUT2D eigenvalue weighted by molar-refractivity contribution is 0.292. The van der Waals surface area contributed by atoms with Gasteiger partial charge in [0.2, 0.25) is 5.95 Å². The summed E-state index contributed by atoms with van der Waals surface area (Å²) in [5.41, 5.74) is 2.38. The molecule has 2 saturated heterocycles. The third-order valence-electron chi connectivity index (χ3n) is 9.49. The van der Waals surface area contributed by atoms with Crippen molar-refractivity contribution in [1.82, 2.24) is 15.3 Å². The number of halogens is 1. The molecule has 1 atom stereocenters. The Kier molecular flexibility index (Phi) is 9.26. The summed E-state index contributed by atoms with van der Waals surface area (Å²) in [5.74, 6) is 2.88. The molecule has 9 heteroatoms. The predicted octanol–water partition coefficient (Wildman–Crippen LogP) is 6.37. The normalized spacial score (nSPS) is 20.5. The van der Waals surface area contributed by atoms with Crippen LogP contribution in [0.2, 0.25) is 0 Å². The summed E-state index contributed by atoms with van der Waals surface area (Å²) in [6.45, 7) is 8.69. The van der Waals surface area contributed by atoms with E-state index in [1.165, 1.54) is 43.4 Å². The molecule has 6 rings (SSSR count). The van der Waals surface area contributed by atoms with E-state index in [2.05, 4.69) is 68.7 Å². The average molecular weight is 602 g/mol. The number of para-hydroxylation sites is 1. The van der Waals surface area contributed by atoms with Gasteiger partial charge in [-0.1, -0.05) is 56.5 Å². The smallest absolute Gasteiger partial charge is 0.232 e. The summed E-state index contributed by atoms with van der Waals surface area (Å²) < 4.78 is 13.7. The van der Waals surface area contributed by atoms with Crippen molar-refractivity contribution in [2.24, 2.45) is 5.92 Å². The van der Waals surface area contributed by atoms with Crippen LogP contribution in [0.3, 0.4) is 0 Å². The van der Waals surface area contributed by atoms with E-state index in [0.29, 0.717) is 23.5 Å². The number of thiocarbonyl (C=S) groups is 1. The highest BCUT2D eigenvalue weighted by Gasteiger charge is 2.34. The van der Waals surface area contributed by atoms with Crippen LogP contribution < -0.4 is 25.3 Å². The van der Waals surface area contributed by atoms with Crippen LogP contribution in [0.5, 0.6) is 0 Å². The lowest BCUT2D eigenvalue weighted by atomic mass is 9.69. The molecule has 43 heavy (non-hydrogen) atoms. The molecule has 1 unspecified atom stereocenters. The third kappa shape index (κ3) is 7.20. The molecule has 7 nitrogen and oxygen atoms in total. The molecular weight excluding hydrogens is 557 g/mol. The standard InChI is InChI=1S/C34H44FN7S/c1-26-9-8-18-42(24-26)31-23-30(41-21-19-40(20-22-41)29-10-4-2-5-11-29)37-32(38-31)39-33(43)36-25-34(16-6-3-7-17-34)27-12-14-28(35)15-13-27/h2,4-5,10-15,23,26H,3,6-9,16-22,24-25H2,1H3,(H2,36,37,38,39,43). The van der Waals surface area contributed by atoms with Crippen LogP contribution >= 0.6 is 12.2 Å². The zero-order chi connectivity index (χ0) is 29.6. The van der Waals surface area contributed by atoms with Crippen LogP contribution in [0, 0.1) is 11.7 Å². The van der Waals surface area contributed by atoms with Crippen LogP contribution in [-0.4, -0.2) is 60.9 Å². The monoisotopic (exact) mass is 601 g/mol. The van der Waals surface area contributed by atoms with Gasteiger partial charge in [-0.25, -0.2) is 4.39 Å². The Morgan fingerprint density at radius 2 is 1.53 bits per heavy atom. The Hall–Kier alpha value is -3.46. The summed E-state index contributed by atoms with van der Waals surface area (Å²) in [6, 6.07) is 19.8. The van der Waals surface area contributed by atoms with E-state index in [4.69, 9.17) is 22.2 Å². The second-order valence-corrected chi connectivity index (χ2v) is 13.0. The lowest BCUT2D eigenvalue weighted by Crippen LogP contribution is -2.47. The molecule has 228 valence electrons. The van der Waals surface area contributed by atoms with Gasteiger partial charge in [0.05, 0.1) is 0 Å². The predicted molar refractivity (Wildman–Crippen MR) is 179 cm³/mol. The molecule has 3 fully saturated rings. The first-order chi connectivity index (χ1) is 21.0. The van der Waals surface area contributed by atoms with Crippen molar-refractivity contribution < 1.29 is 4.39 Å². The number of piperazine rings is 1. The van der Waals surface area contributed by atoms with Gasteiger partial charge in [-0.3, -0.25) is 0 Å². The average Bonchev–Trinajstić information content (AvgIpc) is 3.05. The maximum absolute atomic E-state index is 13.7. The topological polar surface area (TPSA) is 59.6 Å². The summed E-state index contributed by atoms with van der Waals surface area (Å²) in [6.07, 6.45) is 8.12. The molecule has 2 aliphatic heterocycles. The number of aromatic nitrogens is 2. The number of benzene rings is 2. The molecule has 1 aliphatic carbocycles. The van der Waals surface area contributed by atoms with Crippen molar-refractivity contribution in [1.29, 1.82) is 0 Å². The minimum Gasteiger partial charge on any atom is -0.368 e. The summed E-state index contributed by atoms with van der Waals surface area (Å²) in [5, 5.41) is 7.36. The Bertz CT molecular complexity index is 1350. The van der Waals surface area contributed by atoms with Crippen molar-refractivity contribution in [3.63, 3.8) is 0 Å². The van der Waals surface area contributed by atoms with Gasteiger partial charge >= 0.3 is 0 Å². The van der Waals surface area contributed by atoms with Crippen LogP contribution in [0.15, 0.2) is 60.7 Å². The Balaban J connectivity index is 1.17. The van der Waals surface area contributed by atoms with Crippen molar-refractivity contribution in [3.05, 3.63) is 72.0 Å². The molecule has 2 aromatic carbocycles. The molecule has 3 aliphatic rings. The van der Waals surface area contributed by atoms with Gasteiger partial charge in [0.25, 0.3) is 0 Å². The van der Waals surface area contributed by atoms with E-state index in [-0.39, 0.29) is 11.2 Å². The molecule has 0 spiro atoms. The summed E-state index contributed by atoms with van der Waals surface area (Å²) in [7, 11) is 0. The maximum Gasteiger partial charge on any atom is 0.232 e. The number of hydrogen-bond donors (Lipinski definition) is 2. The molecule has 1 aromatic heterocycles. The highest BCUT2D eigenvalue weighted by atomic mass is 32.1. The largest absolute Gasteiger partial charge is 0.368 e. The number of nitrogens with one attached hydrogen (secondary N) is 2. The molecule has 1 saturated carbocycles. The van der Waals surface area contributed by atoms with Crippen molar-refractivity contribution in [2.45, 2.75) is 57.3 Å². The quantitative estimate of drug-likeness (QED) is 0.303. The van der Waals surface area contributed by atoms with Gasteiger partial charge in [-0.05, 0) is 73.6 Å². The first kappa shape index (κ1) is 29.6. The number of rotatable bonds is 7. The SMILES string of the molecule is CC1CCCN(c2cc(N3CCN(c4ccccc4)CC3)nc(NC(=S)NCC3(c4ccc(F)cc4)CCCCC3)n2)C1. The Morgan fingerprint density at radius 3 is 2.23 bits per heavy atom. The highest BCUT2D eigenvalue weighted by Crippen LogP contribution is 2.39. The lowest BCUT2D eigenvalue weighted by Gasteiger charge is -2.38. The molecule has 0 bridgehead atoms.